The molecule has 24 nitrogen and oxygen atoms in total. The van der Waals surface area contributed by atoms with Gasteiger partial charge in [0.25, 0.3) is 5.97 Å². The first kappa shape index (κ1) is 65.3. The number of carbonyl (C=O) groups excluding carboxylic acids is 6. The van der Waals surface area contributed by atoms with Gasteiger partial charge in [-0.1, -0.05) is 24.6 Å². The van der Waals surface area contributed by atoms with Crippen LogP contribution in [0, 0.1) is 0 Å². The Morgan fingerprint density at radius 2 is 0.753 bits per heavy atom. The Bertz CT molecular complexity index is 1950. The van der Waals surface area contributed by atoms with Gasteiger partial charge in [0.1, 0.15) is 36.3 Å². The van der Waals surface area contributed by atoms with Gasteiger partial charge in [0.05, 0.1) is 6.04 Å². The maximum absolute atomic E-state index is 14.6. The molecular formula is C49H88N14O10. The highest BCUT2D eigenvalue weighted by Gasteiger charge is 2.34. The highest BCUT2D eigenvalue weighted by molar-refractivity contribution is 5.97. The van der Waals surface area contributed by atoms with Crippen LogP contribution < -0.4 is 72.0 Å². The average Bonchev–Trinajstić information content (AvgIpc) is 3.76. The van der Waals surface area contributed by atoms with Crippen LogP contribution >= 0.6 is 0 Å². The number of carboxylic acid groups (broad SMARTS) is 2. The van der Waals surface area contributed by atoms with Gasteiger partial charge >= 0.3 is 5.97 Å². The Kier molecular flexibility index (Phi) is 34.7. The van der Waals surface area contributed by atoms with Crippen molar-refractivity contribution < 1.29 is 48.6 Å². The number of fused-ring (bicyclic) bond motifs is 1. The summed E-state index contributed by atoms with van der Waals surface area (Å²) in [7, 11) is 0. The van der Waals surface area contributed by atoms with Gasteiger partial charge in [-0.2, -0.15) is 0 Å². The molecule has 0 aliphatic rings. The number of benzene rings is 1. The van der Waals surface area contributed by atoms with Crippen LogP contribution in [0.1, 0.15) is 128 Å². The van der Waals surface area contributed by atoms with Gasteiger partial charge in [0, 0.05) is 30.4 Å². The number of aromatic nitrogens is 1. The lowest BCUT2D eigenvalue weighted by atomic mass is 10.0. The zero-order valence-electron chi connectivity index (χ0n) is 42.8. The fraction of sp³-hybridized carbons (Fsp3) is 0.673. The molecule has 0 aliphatic heterocycles. The molecule has 1 heterocycles. The summed E-state index contributed by atoms with van der Waals surface area (Å²) >= 11 is 0. The molecule has 6 amide bonds. The summed E-state index contributed by atoms with van der Waals surface area (Å²) in [6.45, 7) is 3.22. The molecule has 0 bridgehead atoms. The van der Waals surface area contributed by atoms with Crippen LogP contribution in [0.15, 0.2) is 30.5 Å². The topological polar surface area (TPSA) is 447 Å². The van der Waals surface area contributed by atoms with Crippen LogP contribution in [0.4, 0.5) is 0 Å². The summed E-state index contributed by atoms with van der Waals surface area (Å²) in [4.78, 5) is 108. The van der Waals surface area contributed by atoms with Crippen LogP contribution in [0.2, 0.25) is 0 Å². The van der Waals surface area contributed by atoms with Crippen LogP contribution in [0.3, 0.4) is 0 Å². The largest absolute Gasteiger partial charge is 0.481 e. The molecule has 0 radical (unpaired) electrons. The molecule has 0 fully saturated rings. The molecule has 2 aromatic rings. The first-order valence-electron chi connectivity index (χ1n) is 25.7. The lowest BCUT2D eigenvalue weighted by molar-refractivity contribution is -0.142. The fourth-order valence-electron chi connectivity index (χ4n) is 7.81. The third-order valence-corrected chi connectivity index (χ3v) is 11.9. The number of carboxylic acids is 2. The van der Waals surface area contributed by atoms with Gasteiger partial charge in [-0.25, -0.2) is 4.79 Å². The van der Waals surface area contributed by atoms with E-state index in [9.17, 15) is 38.7 Å². The number of rotatable bonds is 39. The molecule has 24 heteroatoms. The van der Waals surface area contributed by atoms with E-state index in [1.165, 1.54) is 0 Å². The minimum Gasteiger partial charge on any atom is -0.481 e. The normalized spacial score (nSPS) is 13.9. The van der Waals surface area contributed by atoms with Gasteiger partial charge < -0.3 is 87.2 Å². The Hall–Kier alpha value is -5.76. The second-order valence-electron chi connectivity index (χ2n) is 18.1. The Labute approximate surface area is 429 Å². The van der Waals surface area contributed by atoms with Crippen molar-refractivity contribution in [3.63, 3.8) is 0 Å². The van der Waals surface area contributed by atoms with Crippen molar-refractivity contribution in [2.75, 3.05) is 39.3 Å². The number of hydrogen-bond donors (Lipinski definition) is 16. The lowest BCUT2D eigenvalue weighted by Crippen LogP contribution is -2.60. The molecule has 23 N–H and O–H groups in total. The molecule has 2 rings (SSSR count). The molecule has 73 heavy (non-hydrogen) atoms. The van der Waals surface area contributed by atoms with Gasteiger partial charge in [-0.05, 0) is 160 Å². The molecule has 0 saturated carbocycles. The SMILES string of the molecule is CC(=O)O.NCCCC[C@H](NC(=O)[C@H](CCCCN)NC(=O)[C@H](CCCCN)NC(=O)[C@H](Cc1c[nH]c2ccccc12)NC(=O)[C@H](CCCCN)NC(=O)[C@H](CCCCN)NC(=O)[C@@H](N)CCCCN)C(=O)O. The van der Waals surface area contributed by atoms with Gasteiger partial charge in [-0.15, -0.1) is 0 Å². The van der Waals surface area contributed by atoms with Gasteiger partial charge in [-0.3, -0.25) is 33.6 Å². The maximum Gasteiger partial charge on any atom is 0.326 e. The summed E-state index contributed by atoms with van der Waals surface area (Å²) in [5.74, 6) is -6.01. The van der Waals surface area contributed by atoms with E-state index in [2.05, 4.69) is 36.9 Å². The number of nitrogens with one attached hydrogen (secondary N) is 7. The molecular weight excluding hydrogens is 945 g/mol. The average molecular weight is 1030 g/mol. The van der Waals surface area contributed by atoms with Crippen molar-refractivity contribution in [1.29, 1.82) is 0 Å². The summed E-state index contributed by atoms with van der Waals surface area (Å²) in [5.41, 5.74) is 41.9. The van der Waals surface area contributed by atoms with E-state index in [4.69, 9.17) is 50.0 Å². The van der Waals surface area contributed by atoms with Crippen molar-refractivity contribution in [1.82, 2.24) is 36.9 Å². The second kappa shape index (κ2) is 38.8. The van der Waals surface area contributed by atoms with Crippen molar-refractivity contribution >= 4 is 58.3 Å². The summed E-state index contributed by atoms with van der Waals surface area (Å²) in [6, 6.07) is -0.566. The van der Waals surface area contributed by atoms with Crippen molar-refractivity contribution in [2.45, 2.75) is 171 Å². The molecule has 1 aromatic carbocycles. The number of aromatic amines is 1. The molecule has 7 atom stereocenters. The third kappa shape index (κ3) is 27.2. The zero-order valence-corrected chi connectivity index (χ0v) is 42.8. The Morgan fingerprint density at radius 3 is 1.12 bits per heavy atom. The molecule has 0 unspecified atom stereocenters. The van der Waals surface area contributed by atoms with Crippen LogP contribution in [0.25, 0.3) is 10.9 Å². The molecule has 0 saturated heterocycles. The number of H-pyrrole nitrogens is 1. The second-order valence-corrected chi connectivity index (χ2v) is 18.1. The van der Waals surface area contributed by atoms with E-state index in [0.717, 1.165) is 17.8 Å². The predicted octanol–water partition coefficient (Wildman–Crippen LogP) is -1.10. The molecule has 1 aromatic heterocycles. The summed E-state index contributed by atoms with van der Waals surface area (Å²) < 4.78 is 0. The standard InChI is InChI=1S/C47H84N14O8.C2H4O2/c48-23-9-3-16-33(54)41(62)56-35(18-4-10-24-49)42(63)58-38(21-7-13-27-52)45(66)61-40(29-31-30-55-34-17-2-1-15-32(31)34)46(67)59-36(19-5-11-25-50)43(64)57-37(20-6-12-26-51)44(65)60-39(47(68)69)22-8-14-28-53;1-2(3)4/h1-2,15,17,30,33,35-40,55H,3-14,16,18-29,48-54H2,(H,56,62)(H,57,64)(H,58,63)(H,59,67)(H,60,65)(H,61,66)(H,68,69);1H3,(H,3,4)/t33-,35-,36-,37-,38-,39-,40-;/m0./s1. The van der Waals surface area contributed by atoms with Crippen LogP contribution in [0.5, 0.6) is 0 Å². The third-order valence-electron chi connectivity index (χ3n) is 11.9. The first-order valence-corrected chi connectivity index (χ1v) is 25.7. The smallest absolute Gasteiger partial charge is 0.326 e. The summed E-state index contributed by atoms with van der Waals surface area (Å²) in [5, 5.41) is 34.6. The van der Waals surface area contributed by atoms with Crippen LogP contribution in [-0.4, -0.2) is 144 Å². The van der Waals surface area contributed by atoms with E-state index < -0.39 is 89.7 Å². The zero-order chi connectivity index (χ0) is 54.6. The molecule has 414 valence electrons. The Morgan fingerprint density at radius 1 is 0.452 bits per heavy atom. The molecule has 0 aliphatic carbocycles. The van der Waals surface area contributed by atoms with E-state index >= 15 is 0 Å². The minimum atomic E-state index is -1.30. The van der Waals surface area contributed by atoms with E-state index in [1.807, 2.05) is 24.3 Å². The number of nitrogens with two attached hydrogens (primary N) is 7. The quantitative estimate of drug-likeness (QED) is 0.0353. The van der Waals surface area contributed by atoms with Crippen molar-refractivity contribution in [3.8, 4) is 0 Å². The molecule has 0 spiro atoms. The number of para-hydroxylation sites is 1. The number of unbranched alkanes of at least 4 members (excludes halogenated alkanes) is 6. The highest BCUT2D eigenvalue weighted by Crippen LogP contribution is 2.20. The minimum absolute atomic E-state index is 0.0349. The predicted molar refractivity (Wildman–Crippen MR) is 280 cm³/mol. The van der Waals surface area contributed by atoms with Crippen molar-refractivity contribution in [3.05, 3.63) is 36.0 Å². The summed E-state index contributed by atoms with van der Waals surface area (Å²) in [6.07, 6.45) is 9.12. The highest BCUT2D eigenvalue weighted by atomic mass is 16.4. The maximum atomic E-state index is 14.6. The fourth-order valence-corrected chi connectivity index (χ4v) is 7.81. The number of hydrogen-bond acceptors (Lipinski definition) is 15. The van der Waals surface area contributed by atoms with Gasteiger partial charge in [0.15, 0.2) is 0 Å². The number of amides is 6. The van der Waals surface area contributed by atoms with Gasteiger partial charge in [0.2, 0.25) is 35.4 Å². The van der Waals surface area contributed by atoms with E-state index in [1.54, 1.807) is 6.20 Å². The first-order chi connectivity index (χ1) is 35.0. The van der Waals surface area contributed by atoms with E-state index in [0.29, 0.717) is 128 Å². The van der Waals surface area contributed by atoms with E-state index in [-0.39, 0.29) is 38.5 Å². The van der Waals surface area contributed by atoms with Crippen molar-refractivity contribution in [2.24, 2.45) is 40.1 Å². The lowest BCUT2D eigenvalue weighted by Gasteiger charge is -2.28. The van der Waals surface area contributed by atoms with Crippen LogP contribution in [-0.2, 0) is 44.8 Å². The number of aliphatic carboxylic acids is 2. The Balaban J connectivity index is 0.00000640. The number of carbonyl (C=O) groups is 8. The monoisotopic (exact) mass is 1030 g/mol.